The van der Waals surface area contributed by atoms with Crippen molar-refractivity contribution < 1.29 is 41.4 Å². The molecule has 10 heavy (non-hydrogen) atoms. The van der Waals surface area contributed by atoms with Gasteiger partial charge >= 0.3 is 60.6 Å². The number of hydrogen-bond acceptors (Lipinski definition) is 1. The Hall–Kier alpha value is 1.05. The third kappa shape index (κ3) is 529. The van der Waals surface area contributed by atoms with E-state index >= 15 is 0 Å². The molecule has 0 aromatic carbocycles. The zero-order valence-electron chi connectivity index (χ0n) is 4.30. The molecular formula is H13KO8Si. The molecule has 0 fully saturated rings. The Morgan fingerprint density at radius 3 is 0.800 bits per heavy atom. The van der Waals surface area contributed by atoms with Crippen LogP contribution in [-0.4, -0.2) is 97.5 Å². The molecule has 12 N–H and O–H groups in total. The van der Waals surface area contributed by atoms with Crippen LogP contribution in [0.25, 0.3) is 0 Å². The summed E-state index contributed by atoms with van der Waals surface area (Å²) in [5.74, 6) is 0. The van der Waals surface area contributed by atoms with Crippen molar-refractivity contribution in [2.24, 2.45) is 0 Å². The molecule has 0 amide bonds. The van der Waals surface area contributed by atoms with E-state index < -0.39 is 9.17 Å². The molecule has 0 aliphatic carbocycles. The molecule has 66 valence electrons. The van der Waals surface area contributed by atoms with Crippen molar-refractivity contribution in [2.75, 3.05) is 0 Å². The quantitative estimate of drug-likeness (QED) is 0.371. The molecule has 0 unspecified atom stereocenters. The fourth-order valence-corrected chi connectivity index (χ4v) is 0. The molecule has 0 spiro atoms. The van der Waals surface area contributed by atoms with E-state index in [-0.39, 0.29) is 78.8 Å². The van der Waals surface area contributed by atoms with Gasteiger partial charge in [-0.25, -0.2) is 0 Å². The van der Waals surface area contributed by atoms with E-state index in [1.807, 2.05) is 0 Å². The van der Waals surface area contributed by atoms with Crippen molar-refractivity contribution in [3.8, 4) is 0 Å². The molecule has 0 aliphatic heterocycles. The SMILES string of the molecule is O.O.O.O.O.O=[Si](O)O.[KH]. The van der Waals surface area contributed by atoms with Crippen LogP contribution in [0.5, 0.6) is 0 Å². The van der Waals surface area contributed by atoms with Crippen molar-refractivity contribution in [3.63, 3.8) is 0 Å². The second-order valence-electron chi connectivity index (χ2n) is 0.283. The van der Waals surface area contributed by atoms with Crippen molar-refractivity contribution in [2.45, 2.75) is 0 Å². The van der Waals surface area contributed by atoms with Crippen LogP contribution in [0.4, 0.5) is 0 Å². The molecule has 0 aliphatic rings. The summed E-state index contributed by atoms with van der Waals surface area (Å²) in [4.78, 5) is 14.3. The molecule has 0 rings (SSSR count). The van der Waals surface area contributed by atoms with Crippen LogP contribution in [0.2, 0.25) is 0 Å². The van der Waals surface area contributed by atoms with Gasteiger partial charge in [-0.3, -0.25) is 4.46 Å². The zero-order chi connectivity index (χ0) is 3.58. The van der Waals surface area contributed by atoms with Gasteiger partial charge in [0.1, 0.15) is 0 Å². The van der Waals surface area contributed by atoms with E-state index in [1.165, 1.54) is 0 Å². The summed E-state index contributed by atoms with van der Waals surface area (Å²) in [5.41, 5.74) is 0. The molecule has 0 atom stereocenters. The minimum atomic E-state index is -3.13. The second-order valence-corrected chi connectivity index (χ2v) is 0.848. The summed E-state index contributed by atoms with van der Waals surface area (Å²) < 4.78 is 8.74. The summed E-state index contributed by atoms with van der Waals surface area (Å²) in [6.45, 7) is 0. The molecule has 0 aromatic rings. The summed E-state index contributed by atoms with van der Waals surface area (Å²) >= 11 is 0. The molecule has 0 bridgehead atoms. The Balaban J connectivity index is -0.00000000300. The third-order valence-corrected chi connectivity index (χ3v) is 0. The molecule has 0 heterocycles. The first-order valence-electron chi connectivity index (χ1n) is 0.651. The topological polar surface area (TPSA) is 215 Å². The predicted octanol–water partition coefficient (Wildman–Crippen LogP) is -6.39. The second kappa shape index (κ2) is 50.2. The average molecular weight is 208 g/mol. The normalized spacial score (nSPS) is 2.40. The minimum absolute atomic E-state index is 0. The van der Waals surface area contributed by atoms with Gasteiger partial charge in [0.05, 0.1) is 0 Å². The first-order chi connectivity index (χ1) is 1.73. The predicted molar refractivity (Wildman–Crippen MR) is 36.1 cm³/mol. The summed E-state index contributed by atoms with van der Waals surface area (Å²) in [5, 5.41) is 0. The Morgan fingerprint density at radius 2 is 0.800 bits per heavy atom. The standard InChI is InChI=1S/K.H2O3Si.5H2O.H/c;1-4(2)3;;;;;;/h;1-2H;5*1H2;. The van der Waals surface area contributed by atoms with Crippen LogP contribution < -0.4 is 0 Å². The van der Waals surface area contributed by atoms with Gasteiger partial charge in [0, 0.05) is 0 Å². The van der Waals surface area contributed by atoms with Gasteiger partial charge in [0.2, 0.25) is 0 Å². The molecule has 0 saturated heterocycles. The van der Waals surface area contributed by atoms with E-state index in [4.69, 9.17) is 14.1 Å². The van der Waals surface area contributed by atoms with Gasteiger partial charge in [-0.2, -0.15) is 0 Å². The number of hydrogen-bond donors (Lipinski definition) is 2. The molecule has 0 aromatic heterocycles. The Bertz CT molecular complexity index is 32.2. The van der Waals surface area contributed by atoms with Gasteiger partial charge in [-0.15, -0.1) is 0 Å². The molecule has 10 heteroatoms. The van der Waals surface area contributed by atoms with Crippen LogP contribution in [0.3, 0.4) is 0 Å². The Kier molecular flexibility index (Phi) is 341. The number of rotatable bonds is 0. The fraction of sp³-hybridized carbons (Fsp3) is 0. The first-order valence-corrected chi connectivity index (χ1v) is 1.95. The van der Waals surface area contributed by atoms with Crippen molar-refractivity contribution in [1.82, 2.24) is 0 Å². The first kappa shape index (κ1) is 68.0. The monoisotopic (exact) mass is 208 g/mol. The Morgan fingerprint density at radius 1 is 0.800 bits per heavy atom. The molecule has 8 nitrogen and oxygen atoms in total. The van der Waals surface area contributed by atoms with E-state index in [9.17, 15) is 0 Å². The van der Waals surface area contributed by atoms with Crippen LogP contribution in [0, 0.1) is 0 Å². The third-order valence-electron chi connectivity index (χ3n) is 0. The van der Waals surface area contributed by atoms with E-state index in [2.05, 4.69) is 0 Å². The maximum atomic E-state index is 8.74. The van der Waals surface area contributed by atoms with Gasteiger partial charge in [0.25, 0.3) is 0 Å². The molecular weight excluding hydrogens is 195 g/mol. The van der Waals surface area contributed by atoms with Gasteiger partial charge in [-0.05, 0) is 0 Å². The zero-order valence-corrected chi connectivity index (χ0v) is 5.30. The van der Waals surface area contributed by atoms with Crippen LogP contribution in [0.1, 0.15) is 0 Å². The van der Waals surface area contributed by atoms with Crippen LogP contribution >= 0.6 is 0 Å². The van der Waals surface area contributed by atoms with E-state index in [0.29, 0.717) is 0 Å². The van der Waals surface area contributed by atoms with Crippen LogP contribution in [-0.2, 0) is 4.46 Å². The van der Waals surface area contributed by atoms with Crippen molar-refractivity contribution >= 4 is 60.6 Å². The van der Waals surface area contributed by atoms with Crippen molar-refractivity contribution in [1.29, 1.82) is 0 Å². The van der Waals surface area contributed by atoms with Crippen molar-refractivity contribution in [3.05, 3.63) is 0 Å². The summed E-state index contributed by atoms with van der Waals surface area (Å²) in [6, 6.07) is 0. The maximum absolute atomic E-state index is 8.74. The van der Waals surface area contributed by atoms with E-state index in [1.54, 1.807) is 0 Å². The summed E-state index contributed by atoms with van der Waals surface area (Å²) in [7, 11) is -3.13. The average Bonchev–Trinajstić information content (AvgIpc) is 0.811. The fourth-order valence-electron chi connectivity index (χ4n) is 0. The summed E-state index contributed by atoms with van der Waals surface area (Å²) in [6.07, 6.45) is 0. The van der Waals surface area contributed by atoms with Crippen LogP contribution in [0.15, 0.2) is 0 Å². The molecule has 0 saturated carbocycles. The Labute approximate surface area is 101 Å². The van der Waals surface area contributed by atoms with Gasteiger partial charge in [0.15, 0.2) is 0 Å². The molecule has 0 radical (unpaired) electrons. The van der Waals surface area contributed by atoms with Gasteiger partial charge in [-0.1, -0.05) is 0 Å². The van der Waals surface area contributed by atoms with E-state index in [0.717, 1.165) is 0 Å². The van der Waals surface area contributed by atoms with Gasteiger partial charge < -0.3 is 37.0 Å².